The molecule has 8 heteroatoms. The van der Waals surface area contributed by atoms with Crippen molar-refractivity contribution in [1.82, 2.24) is 15.4 Å². The number of aromatic nitrogens is 2. The van der Waals surface area contributed by atoms with Crippen LogP contribution in [-0.2, 0) is 0 Å². The average Bonchev–Trinajstić information content (AvgIpc) is 3.11. The maximum atomic E-state index is 13.5. The minimum Gasteiger partial charge on any atom is -0.479 e. The molecule has 24 heavy (non-hydrogen) atoms. The number of methoxy groups -OCH3 is 1. The Morgan fingerprint density at radius 1 is 1.29 bits per heavy atom. The fourth-order valence-electron chi connectivity index (χ4n) is 1.95. The monoisotopic (exact) mass is 344 g/mol. The number of hydrogen-bond acceptors (Lipinski definition) is 6. The quantitative estimate of drug-likeness (QED) is 0.696. The van der Waals surface area contributed by atoms with Crippen molar-refractivity contribution < 1.29 is 13.9 Å². The number of hydrazine groups is 1. The molecule has 0 fully saturated rings. The highest BCUT2D eigenvalue weighted by Crippen LogP contribution is 2.21. The van der Waals surface area contributed by atoms with Crippen molar-refractivity contribution in [3.63, 3.8) is 0 Å². The summed E-state index contributed by atoms with van der Waals surface area (Å²) in [6.07, 6.45) is 1.35. The van der Waals surface area contributed by atoms with Crippen LogP contribution >= 0.6 is 11.3 Å². The number of thiazole rings is 1. The van der Waals surface area contributed by atoms with Gasteiger partial charge >= 0.3 is 0 Å². The largest absolute Gasteiger partial charge is 0.479 e. The van der Waals surface area contributed by atoms with E-state index in [2.05, 4.69) is 20.8 Å². The van der Waals surface area contributed by atoms with E-state index in [4.69, 9.17) is 4.74 Å². The van der Waals surface area contributed by atoms with Gasteiger partial charge in [-0.05, 0) is 0 Å². The van der Waals surface area contributed by atoms with Crippen LogP contribution in [0, 0.1) is 5.82 Å². The first kappa shape index (κ1) is 15.9. The number of nitrogens with one attached hydrogen (secondary N) is 2. The van der Waals surface area contributed by atoms with E-state index >= 15 is 0 Å². The van der Waals surface area contributed by atoms with Gasteiger partial charge in [-0.3, -0.25) is 15.6 Å². The maximum Gasteiger partial charge on any atom is 0.298 e. The van der Waals surface area contributed by atoms with Gasteiger partial charge in [-0.15, -0.1) is 11.3 Å². The molecule has 1 aromatic carbocycles. The topological polar surface area (TPSA) is 76.1 Å². The molecule has 0 saturated carbocycles. The van der Waals surface area contributed by atoms with Gasteiger partial charge in [0.05, 0.1) is 24.7 Å². The molecule has 0 unspecified atom stereocenters. The van der Waals surface area contributed by atoms with E-state index in [-0.39, 0.29) is 5.88 Å². The molecule has 3 rings (SSSR count). The fraction of sp³-hybridized carbons (Fsp3) is 0.0625. The van der Waals surface area contributed by atoms with Crippen LogP contribution in [0.1, 0.15) is 9.80 Å². The molecule has 3 aromatic rings. The van der Waals surface area contributed by atoms with E-state index in [9.17, 15) is 9.18 Å². The summed E-state index contributed by atoms with van der Waals surface area (Å²) in [5, 5.41) is 2.10. The van der Waals surface area contributed by atoms with E-state index in [0.717, 1.165) is 11.3 Å². The Hall–Kier alpha value is -3.00. The van der Waals surface area contributed by atoms with Gasteiger partial charge in [0.15, 0.2) is 10.8 Å². The molecule has 122 valence electrons. The number of pyridine rings is 1. The zero-order valence-electron chi connectivity index (χ0n) is 12.6. The van der Waals surface area contributed by atoms with Gasteiger partial charge in [-0.25, -0.2) is 14.4 Å². The summed E-state index contributed by atoms with van der Waals surface area (Å²) in [6.45, 7) is 0. The van der Waals surface area contributed by atoms with Crippen LogP contribution in [0.3, 0.4) is 0 Å². The SMILES string of the molecule is COc1ncc(NNC(=O)c2nc(-c3ccccc3)cs2)cc1F. The van der Waals surface area contributed by atoms with E-state index in [1.54, 1.807) is 5.38 Å². The van der Waals surface area contributed by atoms with Crippen molar-refractivity contribution in [1.29, 1.82) is 0 Å². The van der Waals surface area contributed by atoms with Gasteiger partial charge in [0, 0.05) is 17.0 Å². The molecule has 0 bridgehead atoms. The number of rotatable bonds is 5. The summed E-state index contributed by atoms with van der Waals surface area (Å²) in [7, 11) is 1.33. The molecule has 0 atom stereocenters. The third-order valence-electron chi connectivity index (χ3n) is 3.09. The molecule has 2 aromatic heterocycles. The zero-order chi connectivity index (χ0) is 16.9. The highest BCUT2D eigenvalue weighted by atomic mass is 32.1. The smallest absolute Gasteiger partial charge is 0.298 e. The minimum absolute atomic E-state index is 0.112. The number of anilines is 1. The predicted molar refractivity (Wildman–Crippen MR) is 89.4 cm³/mol. The second kappa shape index (κ2) is 7.05. The molecule has 2 N–H and O–H groups in total. The lowest BCUT2D eigenvalue weighted by atomic mass is 10.2. The fourth-order valence-corrected chi connectivity index (χ4v) is 2.67. The Labute approximate surface area is 141 Å². The third-order valence-corrected chi connectivity index (χ3v) is 3.93. The predicted octanol–water partition coefficient (Wildman–Crippen LogP) is 3.11. The van der Waals surface area contributed by atoms with Crippen molar-refractivity contribution in [3.8, 4) is 17.1 Å². The second-order valence-corrected chi connectivity index (χ2v) is 5.56. The van der Waals surface area contributed by atoms with Gasteiger partial charge in [-0.1, -0.05) is 30.3 Å². The summed E-state index contributed by atoms with van der Waals surface area (Å²) in [4.78, 5) is 20.2. The van der Waals surface area contributed by atoms with Crippen molar-refractivity contribution >= 4 is 22.9 Å². The summed E-state index contributed by atoms with van der Waals surface area (Å²) in [6, 6.07) is 10.7. The third kappa shape index (κ3) is 3.49. The molecule has 0 aliphatic heterocycles. The first-order chi connectivity index (χ1) is 11.7. The number of halogens is 1. The maximum absolute atomic E-state index is 13.5. The first-order valence-electron chi connectivity index (χ1n) is 6.94. The van der Waals surface area contributed by atoms with E-state index in [1.807, 2.05) is 30.3 Å². The van der Waals surface area contributed by atoms with Crippen LogP contribution in [0.2, 0.25) is 0 Å². The van der Waals surface area contributed by atoms with Crippen LogP contribution in [-0.4, -0.2) is 23.0 Å². The normalized spacial score (nSPS) is 10.2. The second-order valence-electron chi connectivity index (χ2n) is 4.70. The minimum atomic E-state index is -0.627. The van der Waals surface area contributed by atoms with Crippen LogP contribution < -0.4 is 15.6 Å². The summed E-state index contributed by atoms with van der Waals surface area (Å²) >= 11 is 1.22. The van der Waals surface area contributed by atoms with Gasteiger partial charge in [0.1, 0.15) is 0 Å². The number of hydrogen-bond donors (Lipinski definition) is 2. The molecular formula is C16H13FN4O2S. The highest BCUT2D eigenvalue weighted by Gasteiger charge is 2.12. The average molecular weight is 344 g/mol. The lowest BCUT2D eigenvalue weighted by molar-refractivity contribution is 0.0962. The van der Waals surface area contributed by atoms with Gasteiger partial charge in [0.25, 0.3) is 5.91 Å². The Kier molecular flexibility index (Phi) is 4.66. The highest BCUT2D eigenvalue weighted by molar-refractivity contribution is 7.12. The van der Waals surface area contributed by atoms with Crippen LogP contribution in [0.4, 0.5) is 10.1 Å². The molecule has 0 aliphatic rings. The number of carbonyl (C=O) groups excluding carboxylic acids is 1. The molecule has 1 amide bonds. The number of ether oxygens (including phenoxy) is 1. The molecule has 0 spiro atoms. The Morgan fingerprint density at radius 2 is 2.08 bits per heavy atom. The van der Waals surface area contributed by atoms with Gasteiger partial charge in [0.2, 0.25) is 5.88 Å². The van der Waals surface area contributed by atoms with E-state index < -0.39 is 11.7 Å². The van der Waals surface area contributed by atoms with Crippen LogP contribution in [0.15, 0.2) is 48.0 Å². The molecule has 0 radical (unpaired) electrons. The Bertz CT molecular complexity index is 854. The number of nitrogens with zero attached hydrogens (tertiary/aromatic N) is 2. The molecule has 0 aliphatic carbocycles. The lowest BCUT2D eigenvalue weighted by Crippen LogP contribution is -2.29. The first-order valence-corrected chi connectivity index (χ1v) is 7.82. The van der Waals surface area contributed by atoms with Crippen LogP contribution in [0.25, 0.3) is 11.3 Å². The van der Waals surface area contributed by atoms with Crippen LogP contribution in [0.5, 0.6) is 5.88 Å². The zero-order valence-corrected chi connectivity index (χ0v) is 13.4. The number of amides is 1. The van der Waals surface area contributed by atoms with Gasteiger partial charge in [-0.2, -0.15) is 0 Å². The van der Waals surface area contributed by atoms with E-state index in [0.29, 0.717) is 10.7 Å². The summed E-state index contributed by atoms with van der Waals surface area (Å²) < 4.78 is 18.3. The van der Waals surface area contributed by atoms with Gasteiger partial charge < -0.3 is 4.74 Å². The molecule has 2 heterocycles. The Morgan fingerprint density at radius 3 is 2.79 bits per heavy atom. The van der Waals surface area contributed by atoms with E-state index in [1.165, 1.54) is 30.7 Å². The molecule has 6 nitrogen and oxygen atoms in total. The molecule has 0 saturated heterocycles. The standard InChI is InChI=1S/C16H13FN4O2S/c1-23-15-12(17)7-11(8-18-15)20-21-14(22)16-19-13(9-24-16)10-5-3-2-4-6-10/h2-9,20H,1H3,(H,21,22). The van der Waals surface area contributed by atoms with Crippen molar-refractivity contribution in [2.75, 3.05) is 12.5 Å². The number of benzene rings is 1. The van der Waals surface area contributed by atoms with Crippen molar-refractivity contribution in [2.24, 2.45) is 0 Å². The van der Waals surface area contributed by atoms with Crippen molar-refractivity contribution in [3.05, 3.63) is 58.8 Å². The Balaban J connectivity index is 1.65. The van der Waals surface area contributed by atoms with Crippen molar-refractivity contribution in [2.45, 2.75) is 0 Å². The summed E-state index contributed by atoms with van der Waals surface area (Å²) in [5.74, 6) is -1.16. The summed E-state index contributed by atoms with van der Waals surface area (Å²) in [5.41, 5.74) is 7.00. The molecular weight excluding hydrogens is 331 g/mol. The number of carbonyl (C=O) groups is 1. The lowest BCUT2D eigenvalue weighted by Gasteiger charge is -2.07.